The highest BCUT2D eigenvalue weighted by Gasteiger charge is 2.20. The summed E-state index contributed by atoms with van der Waals surface area (Å²) in [6.45, 7) is 0. The molecule has 0 heterocycles. The maximum absolute atomic E-state index is 12.4. The number of nitro benzene ring substituents is 2. The van der Waals surface area contributed by atoms with Crippen molar-refractivity contribution in [2.45, 2.75) is 0 Å². The van der Waals surface area contributed by atoms with Crippen LogP contribution in [0, 0.1) is 20.2 Å². The van der Waals surface area contributed by atoms with Gasteiger partial charge in [-0.15, -0.1) is 0 Å². The van der Waals surface area contributed by atoms with E-state index in [2.05, 4.69) is 16.0 Å². The predicted molar refractivity (Wildman–Crippen MR) is 124 cm³/mol. The molecular weight excluding hydrogens is 450 g/mol. The monoisotopic (exact) mass is 465 g/mol. The van der Waals surface area contributed by atoms with Crippen LogP contribution < -0.4 is 16.0 Å². The molecule has 0 atom stereocenters. The Bertz CT molecular complexity index is 1220. The molecule has 3 rings (SSSR count). The van der Waals surface area contributed by atoms with Crippen LogP contribution in [-0.2, 0) is 0 Å². The van der Waals surface area contributed by atoms with Gasteiger partial charge in [0.05, 0.1) is 21.5 Å². The standard InChI is InChI=1S/C21H15N5O6S/c27-19(13-4-2-1-3-5-13)22-15-6-8-16(9-7-15)23-21(33)24-20(28)14-10-17(25(29)30)12-18(11-14)26(31)32/h1-12H,(H,22,27)(H2,23,24,28,33). The van der Waals surface area contributed by atoms with Gasteiger partial charge in [-0.1, -0.05) is 18.2 Å². The number of amides is 2. The minimum Gasteiger partial charge on any atom is -0.332 e. The summed E-state index contributed by atoms with van der Waals surface area (Å²) in [5.41, 5.74) is 0.0445. The Kier molecular flexibility index (Phi) is 7.00. The van der Waals surface area contributed by atoms with Gasteiger partial charge in [-0.25, -0.2) is 0 Å². The summed E-state index contributed by atoms with van der Waals surface area (Å²) >= 11 is 5.07. The Hall–Kier alpha value is -4.71. The van der Waals surface area contributed by atoms with Crippen LogP contribution in [0.1, 0.15) is 20.7 Å². The Balaban J connectivity index is 1.63. The minimum atomic E-state index is -0.856. The second-order valence-corrected chi connectivity index (χ2v) is 6.97. The van der Waals surface area contributed by atoms with Crippen molar-refractivity contribution in [2.75, 3.05) is 10.6 Å². The first-order chi connectivity index (χ1) is 15.7. The maximum Gasteiger partial charge on any atom is 0.277 e. The van der Waals surface area contributed by atoms with E-state index in [-0.39, 0.29) is 16.6 Å². The summed E-state index contributed by atoms with van der Waals surface area (Å²) < 4.78 is 0. The highest BCUT2D eigenvalue weighted by Crippen LogP contribution is 2.22. The number of carbonyl (C=O) groups is 2. The molecule has 0 saturated carbocycles. The van der Waals surface area contributed by atoms with Gasteiger partial charge in [0.2, 0.25) is 0 Å². The van der Waals surface area contributed by atoms with Crippen molar-refractivity contribution in [1.29, 1.82) is 0 Å². The first kappa shape index (κ1) is 23.0. The highest BCUT2D eigenvalue weighted by atomic mass is 32.1. The number of non-ortho nitro benzene ring substituents is 2. The van der Waals surface area contributed by atoms with E-state index >= 15 is 0 Å². The van der Waals surface area contributed by atoms with Gasteiger partial charge in [-0.05, 0) is 48.6 Å². The van der Waals surface area contributed by atoms with Crippen LogP contribution >= 0.6 is 12.2 Å². The Morgan fingerprint density at radius 1 is 0.697 bits per heavy atom. The van der Waals surface area contributed by atoms with Crippen molar-refractivity contribution < 1.29 is 19.4 Å². The van der Waals surface area contributed by atoms with E-state index in [1.165, 1.54) is 0 Å². The molecule has 0 aliphatic carbocycles. The van der Waals surface area contributed by atoms with Crippen molar-refractivity contribution in [1.82, 2.24) is 5.32 Å². The van der Waals surface area contributed by atoms with Gasteiger partial charge in [0, 0.05) is 29.1 Å². The fourth-order valence-corrected chi connectivity index (χ4v) is 2.91. The number of nitro groups is 2. The van der Waals surface area contributed by atoms with E-state index in [0.717, 1.165) is 18.2 Å². The summed E-state index contributed by atoms with van der Waals surface area (Å²) in [5, 5.41) is 29.6. The first-order valence-electron chi connectivity index (χ1n) is 9.25. The molecule has 3 aromatic carbocycles. The molecular formula is C21H15N5O6S. The highest BCUT2D eigenvalue weighted by molar-refractivity contribution is 7.80. The lowest BCUT2D eigenvalue weighted by molar-refractivity contribution is -0.394. The van der Waals surface area contributed by atoms with Crippen molar-refractivity contribution in [3.8, 4) is 0 Å². The van der Waals surface area contributed by atoms with Gasteiger partial charge in [0.1, 0.15) is 0 Å². The number of rotatable bonds is 6. The Labute approximate surface area is 191 Å². The van der Waals surface area contributed by atoms with Crippen LogP contribution in [0.15, 0.2) is 72.8 Å². The zero-order valence-corrected chi connectivity index (χ0v) is 17.5. The zero-order chi connectivity index (χ0) is 24.0. The third-order valence-corrected chi connectivity index (χ3v) is 4.45. The van der Waals surface area contributed by atoms with Crippen LogP contribution in [0.3, 0.4) is 0 Å². The molecule has 0 radical (unpaired) electrons. The van der Waals surface area contributed by atoms with Crippen molar-refractivity contribution >= 4 is 51.9 Å². The Morgan fingerprint density at radius 2 is 1.21 bits per heavy atom. The van der Waals surface area contributed by atoms with Crippen LogP contribution in [0.25, 0.3) is 0 Å². The first-order valence-corrected chi connectivity index (χ1v) is 9.66. The number of nitrogens with zero attached hydrogens (tertiary/aromatic N) is 2. The quantitative estimate of drug-likeness (QED) is 0.281. The largest absolute Gasteiger partial charge is 0.332 e. The number of carbonyl (C=O) groups excluding carboxylic acids is 2. The van der Waals surface area contributed by atoms with Crippen LogP contribution in [0.2, 0.25) is 0 Å². The SMILES string of the molecule is O=C(NC(=S)Nc1ccc(NC(=O)c2ccccc2)cc1)c1cc([N+](=O)[O-])cc([N+](=O)[O-])c1. The van der Waals surface area contributed by atoms with Crippen molar-refractivity contribution in [3.63, 3.8) is 0 Å². The fourth-order valence-electron chi connectivity index (χ4n) is 2.70. The van der Waals surface area contributed by atoms with Crippen LogP contribution in [0.4, 0.5) is 22.7 Å². The predicted octanol–water partition coefficient (Wildman–Crippen LogP) is 3.88. The molecule has 12 heteroatoms. The van der Waals surface area contributed by atoms with Crippen molar-refractivity contribution in [3.05, 3.63) is 104 Å². The molecule has 3 aromatic rings. The summed E-state index contributed by atoms with van der Waals surface area (Å²) in [5.74, 6) is -1.13. The van der Waals surface area contributed by atoms with Gasteiger partial charge in [0.15, 0.2) is 5.11 Å². The third-order valence-electron chi connectivity index (χ3n) is 4.25. The molecule has 0 aliphatic heterocycles. The summed E-state index contributed by atoms with van der Waals surface area (Å²) in [6, 6.07) is 17.7. The zero-order valence-electron chi connectivity index (χ0n) is 16.7. The number of benzene rings is 3. The van der Waals surface area contributed by atoms with Gasteiger partial charge in [-0.2, -0.15) is 0 Å². The normalized spacial score (nSPS) is 10.1. The molecule has 0 bridgehead atoms. The van der Waals surface area contributed by atoms with E-state index < -0.39 is 27.1 Å². The second-order valence-electron chi connectivity index (χ2n) is 6.56. The number of nitrogens with one attached hydrogen (secondary N) is 3. The minimum absolute atomic E-state index is 0.129. The lowest BCUT2D eigenvalue weighted by Crippen LogP contribution is -2.34. The van der Waals surface area contributed by atoms with Gasteiger partial charge < -0.3 is 10.6 Å². The lowest BCUT2D eigenvalue weighted by Gasteiger charge is -2.11. The molecule has 0 fully saturated rings. The average molecular weight is 465 g/mol. The van der Waals surface area contributed by atoms with Gasteiger partial charge in [-0.3, -0.25) is 35.1 Å². The van der Waals surface area contributed by atoms with Gasteiger partial charge in [0.25, 0.3) is 23.2 Å². The maximum atomic E-state index is 12.4. The molecule has 33 heavy (non-hydrogen) atoms. The molecule has 0 aromatic heterocycles. The van der Waals surface area contributed by atoms with E-state index in [1.807, 2.05) is 0 Å². The topological polar surface area (TPSA) is 157 Å². The molecule has 0 saturated heterocycles. The fraction of sp³-hybridized carbons (Fsp3) is 0. The smallest absolute Gasteiger partial charge is 0.277 e. The summed E-state index contributed by atoms with van der Waals surface area (Å²) in [6.07, 6.45) is 0. The van der Waals surface area contributed by atoms with E-state index in [9.17, 15) is 29.8 Å². The molecule has 3 N–H and O–H groups in total. The van der Waals surface area contributed by atoms with Gasteiger partial charge >= 0.3 is 0 Å². The molecule has 11 nitrogen and oxygen atoms in total. The van der Waals surface area contributed by atoms with E-state index in [4.69, 9.17) is 12.2 Å². The summed E-state index contributed by atoms with van der Waals surface area (Å²) in [4.78, 5) is 44.8. The number of hydrogen-bond acceptors (Lipinski definition) is 7. The third kappa shape index (κ3) is 6.15. The van der Waals surface area contributed by atoms with Crippen molar-refractivity contribution in [2.24, 2.45) is 0 Å². The molecule has 166 valence electrons. The molecule has 2 amide bonds. The van der Waals surface area contributed by atoms with E-state index in [0.29, 0.717) is 16.9 Å². The molecule has 0 unspecified atom stereocenters. The lowest BCUT2D eigenvalue weighted by atomic mass is 10.1. The van der Waals surface area contributed by atoms with E-state index in [1.54, 1.807) is 54.6 Å². The number of thiocarbonyl (C=S) groups is 1. The average Bonchev–Trinajstić information content (AvgIpc) is 2.80. The number of hydrogen-bond donors (Lipinski definition) is 3. The Morgan fingerprint density at radius 3 is 1.73 bits per heavy atom. The van der Waals surface area contributed by atoms with Crippen LogP contribution in [-0.4, -0.2) is 26.8 Å². The second kappa shape index (κ2) is 10.1. The van der Waals surface area contributed by atoms with Crippen LogP contribution in [0.5, 0.6) is 0 Å². The molecule has 0 aliphatic rings. The molecule has 0 spiro atoms. The number of anilines is 2. The summed E-state index contributed by atoms with van der Waals surface area (Å²) in [7, 11) is 0.